The minimum atomic E-state index is 0.789. The Hall–Kier alpha value is -2.29. The van der Waals surface area contributed by atoms with Crippen LogP contribution in [0.15, 0.2) is 48.8 Å². The molecule has 1 aromatic carbocycles. The van der Waals surface area contributed by atoms with Gasteiger partial charge in [-0.15, -0.1) is 0 Å². The van der Waals surface area contributed by atoms with E-state index in [1.807, 2.05) is 29.0 Å². The van der Waals surface area contributed by atoms with Crippen LogP contribution in [0.25, 0.3) is 5.52 Å². The molecule has 0 saturated heterocycles. The number of anilines is 1. The third-order valence-corrected chi connectivity index (χ3v) is 3.58. The summed E-state index contributed by atoms with van der Waals surface area (Å²) in [7, 11) is 0. The van der Waals surface area contributed by atoms with E-state index in [0.29, 0.717) is 0 Å². The first-order valence-corrected chi connectivity index (χ1v) is 6.47. The van der Waals surface area contributed by atoms with Crippen LogP contribution in [0.1, 0.15) is 16.7 Å². The van der Waals surface area contributed by atoms with Gasteiger partial charge >= 0.3 is 0 Å². The Balaban J connectivity index is 1.84. The molecule has 3 rings (SSSR count). The molecule has 96 valence electrons. The number of hydrogen-bond acceptors (Lipinski definition) is 2. The van der Waals surface area contributed by atoms with Crippen molar-refractivity contribution in [3.05, 3.63) is 65.5 Å². The largest absolute Gasteiger partial charge is 0.381 e. The van der Waals surface area contributed by atoms with Crippen molar-refractivity contribution >= 4 is 11.2 Å². The quantitative estimate of drug-likeness (QED) is 0.771. The zero-order valence-electron chi connectivity index (χ0n) is 11.2. The van der Waals surface area contributed by atoms with Crippen molar-refractivity contribution in [3.63, 3.8) is 0 Å². The molecule has 0 atom stereocenters. The highest BCUT2D eigenvalue weighted by atomic mass is 15.2. The molecular weight excluding hydrogens is 234 g/mol. The van der Waals surface area contributed by atoms with Gasteiger partial charge in [-0.3, -0.25) is 0 Å². The van der Waals surface area contributed by atoms with Gasteiger partial charge in [0.05, 0.1) is 11.7 Å². The molecule has 0 aliphatic rings. The standard InChI is InChI=1S/C16H17N3/c1-12-6-5-7-15(13(12)2)17-10-14-11-18-19-9-4-3-8-16(14)19/h3-9,11,17H,10H2,1-2H3. The number of rotatable bonds is 3. The van der Waals surface area contributed by atoms with E-state index in [4.69, 9.17) is 0 Å². The van der Waals surface area contributed by atoms with Crippen LogP contribution in [-0.2, 0) is 6.54 Å². The van der Waals surface area contributed by atoms with Crippen LogP contribution < -0.4 is 5.32 Å². The van der Waals surface area contributed by atoms with E-state index in [2.05, 4.69) is 48.5 Å². The van der Waals surface area contributed by atoms with Gasteiger partial charge < -0.3 is 5.32 Å². The number of fused-ring (bicyclic) bond motifs is 1. The fraction of sp³-hybridized carbons (Fsp3) is 0.188. The molecule has 0 unspecified atom stereocenters. The van der Waals surface area contributed by atoms with Crippen LogP contribution in [0.4, 0.5) is 5.69 Å². The van der Waals surface area contributed by atoms with Crippen molar-refractivity contribution < 1.29 is 0 Å². The lowest BCUT2D eigenvalue weighted by Gasteiger charge is -2.10. The van der Waals surface area contributed by atoms with Crippen LogP contribution in [0.3, 0.4) is 0 Å². The molecule has 0 radical (unpaired) electrons. The van der Waals surface area contributed by atoms with Crippen molar-refractivity contribution in [2.45, 2.75) is 20.4 Å². The number of nitrogens with zero attached hydrogens (tertiary/aromatic N) is 2. The van der Waals surface area contributed by atoms with Crippen molar-refractivity contribution in [2.24, 2.45) is 0 Å². The smallest absolute Gasteiger partial charge is 0.0711 e. The first-order chi connectivity index (χ1) is 9.25. The molecule has 3 aromatic rings. The Morgan fingerprint density at radius 1 is 1.11 bits per heavy atom. The maximum Gasteiger partial charge on any atom is 0.0711 e. The van der Waals surface area contributed by atoms with Crippen LogP contribution in [0.5, 0.6) is 0 Å². The zero-order chi connectivity index (χ0) is 13.2. The van der Waals surface area contributed by atoms with E-state index >= 15 is 0 Å². The summed E-state index contributed by atoms with van der Waals surface area (Å²) >= 11 is 0. The van der Waals surface area contributed by atoms with Crippen LogP contribution in [-0.4, -0.2) is 9.61 Å². The molecular formula is C16H17N3. The topological polar surface area (TPSA) is 29.3 Å². The average Bonchev–Trinajstić information content (AvgIpc) is 2.84. The van der Waals surface area contributed by atoms with Gasteiger partial charge in [0, 0.05) is 24.0 Å². The summed E-state index contributed by atoms with van der Waals surface area (Å²) in [5.41, 5.74) is 6.17. The minimum absolute atomic E-state index is 0.789. The molecule has 3 heteroatoms. The molecule has 0 aliphatic carbocycles. The number of hydrogen-bond donors (Lipinski definition) is 1. The molecule has 19 heavy (non-hydrogen) atoms. The van der Waals surface area contributed by atoms with Gasteiger partial charge in [-0.25, -0.2) is 4.52 Å². The van der Waals surface area contributed by atoms with Crippen LogP contribution >= 0.6 is 0 Å². The highest BCUT2D eigenvalue weighted by molar-refractivity contribution is 5.58. The Bertz CT molecular complexity index is 713. The van der Waals surface area contributed by atoms with Gasteiger partial charge in [0.2, 0.25) is 0 Å². The molecule has 3 nitrogen and oxygen atoms in total. The van der Waals surface area contributed by atoms with E-state index in [9.17, 15) is 0 Å². The van der Waals surface area contributed by atoms with Gasteiger partial charge in [-0.2, -0.15) is 5.10 Å². The fourth-order valence-electron chi connectivity index (χ4n) is 2.26. The molecule has 0 fully saturated rings. The Morgan fingerprint density at radius 3 is 2.89 bits per heavy atom. The van der Waals surface area contributed by atoms with Gasteiger partial charge in [0.25, 0.3) is 0 Å². The lowest BCUT2D eigenvalue weighted by atomic mass is 10.1. The summed E-state index contributed by atoms with van der Waals surface area (Å²) < 4.78 is 1.90. The van der Waals surface area contributed by atoms with Crippen molar-refractivity contribution in [1.29, 1.82) is 0 Å². The fourth-order valence-corrected chi connectivity index (χ4v) is 2.26. The second-order valence-corrected chi connectivity index (χ2v) is 4.80. The minimum Gasteiger partial charge on any atom is -0.381 e. The molecule has 0 spiro atoms. The predicted molar refractivity (Wildman–Crippen MR) is 78.4 cm³/mol. The van der Waals surface area contributed by atoms with Gasteiger partial charge in [-0.1, -0.05) is 18.2 Å². The van der Waals surface area contributed by atoms with Crippen molar-refractivity contribution in [2.75, 3.05) is 5.32 Å². The summed E-state index contributed by atoms with van der Waals surface area (Å²) in [5.74, 6) is 0. The third-order valence-electron chi connectivity index (χ3n) is 3.58. The van der Waals surface area contributed by atoms with Crippen molar-refractivity contribution in [3.8, 4) is 0 Å². The molecule has 0 aliphatic heterocycles. The Morgan fingerprint density at radius 2 is 2.00 bits per heavy atom. The summed E-state index contributed by atoms with van der Waals surface area (Å²) in [6.45, 7) is 5.07. The first-order valence-electron chi connectivity index (χ1n) is 6.47. The zero-order valence-corrected chi connectivity index (χ0v) is 11.2. The van der Waals surface area contributed by atoms with Crippen LogP contribution in [0.2, 0.25) is 0 Å². The average molecular weight is 251 g/mol. The molecule has 0 saturated carbocycles. The molecule has 0 bridgehead atoms. The Kier molecular flexibility index (Phi) is 2.95. The van der Waals surface area contributed by atoms with Gasteiger partial charge in [0.1, 0.15) is 0 Å². The number of aromatic nitrogens is 2. The summed E-state index contributed by atoms with van der Waals surface area (Å²) in [6, 6.07) is 12.5. The Labute approximate surface area is 112 Å². The number of nitrogens with one attached hydrogen (secondary N) is 1. The first kappa shape index (κ1) is 11.8. The van der Waals surface area contributed by atoms with E-state index in [-0.39, 0.29) is 0 Å². The number of benzene rings is 1. The molecule has 0 amide bonds. The van der Waals surface area contributed by atoms with E-state index < -0.39 is 0 Å². The van der Waals surface area contributed by atoms with Crippen LogP contribution in [0, 0.1) is 13.8 Å². The lowest BCUT2D eigenvalue weighted by Crippen LogP contribution is -2.01. The van der Waals surface area contributed by atoms with E-state index in [0.717, 1.165) is 12.1 Å². The number of aryl methyl sites for hydroxylation is 1. The van der Waals surface area contributed by atoms with Gasteiger partial charge in [-0.05, 0) is 43.2 Å². The third kappa shape index (κ3) is 2.19. The summed E-state index contributed by atoms with van der Waals surface area (Å²) in [6.07, 6.45) is 3.89. The molecule has 2 aromatic heterocycles. The normalized spacial score (nSPS) is 10.8. The highest BCUT2D eigenvalue weighted by Gasteiger charge is 2.04. The van der Waals surface area contributed by atoms with Gasteiger partial charge in [0.15, 0.2) is 0 Å². The highest BCUT2D eigenvalue weighted by Crippen LogP contribution is 2.19. The maximum absolute atomic E-state index is 4.35. The monoisotopic (exact) mass is 251 g/mol. The molecule has 1 N–H and O–H groups in total. The predicted octanol–water partition coefficient (Wildman–Crippen LogP) is 3.56. The second kappa shape index (κ2) is 4.76. The SMILES string of the molecule is Cc1cccc(NCc2cnn3ccccc23)c1C. The summed E-state index contributed by atoms with van der Waals surface area (Å²) in [4.78, 5) is 0. The lowest BCUT2D eigenvalue weighted by molar-refractivity contribution is 0.961. The summed E-state index contributed by atoms with van der Waals surface area (Å²) in [5, 5.41) is 7.84. The second-order valence-electron chi connectivity index (χ2n) is 4.80. The van der Waals surface area contributed by atoms with E-state index in [1.165, 1.54) is 22.4 Å². The van der Waals surface area contributed by atoms with E-state index in [1.54, 1.807) is 0 Å². The van der Waals surface area contributed by atoms with Crippen molar-refractivity contribution in [1.82, 2.24) is 9.61 Å². The maximum atomic E-state index is 4.35. The molecule has 2 heterocycles. The number of pyridine rings is 1.